The molecule has 24 heavy (non-hydrogen) atoms. The van der Waals surface area contributed by atoms with Crippen LogP contribution in [0.3, 0.4) is 0 Å². The van der Waals surface area contributed by atoms with E-state index in [0.717, 1.165) is 0 Å². The Hall–Kier alpha value is -2.05. The van der Waals surface area contributed by atoms with Crippen LogP contribution in [0.4, 0.5) is 10.6 Å². The van der Waals surface area contributed by atoms with E-state index in [1.165, 1.54) is 12.4 Å². The van der Waals surface area contributed by atoms with Crippen molar-refractivity contribution in [1.82, 2.24) is 9.97 Å². The Morgan fingerprint density at radius 3 is 2.38 bits per heavy atom. The van der Waals surface area contributed by atoms with E-state index >= 15 is 0 Å². The summed E-state index contributed by atoms with van der Waals surface area (Å²) in [4.78, 5) is 19.7. The first kappa shape index (κ1) is 18.3. The van der Waals surface area contributed by atoms with Gasteiger partial charge in [-0.2, -0.15) is 0 Å². The molecule has 2 aromatic rings. The summed E-state index contributed by atoms with van der Waals surface area (Å²) in [6, 6.07) is 5.21. The Bertz CT molecular complexity index is 695. The highest BCUT2D eigenvalue weighted by Crippen LogP contribution is 2.25. The van der Waals surface area contributed by atoms with E-state index in [0.29, 0.717) is 15.6 Å². The summed E-state index contributed by atoms with van der Waals surface area (Å²) in [5.41, 5.74) is 0.0769. The Labute approximate surface area is 150 Å². The molecule has 0 unspecified atom stereocenters. The van der Waals surface area contributed by atoms with E-state index in [1.54, 1.807) is 39.0 Å². The standard InChI is InChI=1S/C16H17Cl2N3O3/c1-16(2,3)24-15(22)21-13-7-20-14(8-19-13)23-9-10-11(17)5-4-6-12(10)18/h4-8H,9H2,1-3H3,(H,19,21,22). The van der Waals surface area contributed by atoms with Crippen molar-refractivity contribution >= 4 is 35.1 Å². The zero-order valence-electron chi connectivity index (χ0n) is 13.5. The summed E-state index contributed by atoms with van der Waals surface area (Å²) in [6.07, 6.45) is 2.15. The third kappa shape index (κ3) is 5.54. The zero-order chi connectivity index (χ0) is 17.7. The van der Waals surface area contributed by atoms with Gasteiger partial charge in [0.2, 0.25) is 5.88 Å². The quantitative estimate of drug-likeness (QED) is 0.844. The number of aromatic nitrogens is 2. The molecule has 2 rings (SSSR count). The van der Waals surface area contributed by atoms with Gasteiger partial charge < -0.3 is 9.47 Å². The van der Waals surface area contributed by atoms with Crippen LogP contribution in [0.1, 0.15) is 26.3 Å². The fourth-order valence-electron chi connectivity index (χ4n) is 1.68. The van der Waals surface area contributed by atoms with E-state index in [-0.39, 0.29) is 18.3 Å². The number of nitrogens with zero attached hydrogens (tertiary/aromatic N) is 2. The summed E-state index contributed by atoms with van der Waals surface area (Å²) in [5, 5.41) is 3.51. The van der Waals surface area contributed by atoms with E-state index in [2.05, 4.69) is 15.3 Å². The smallest absolute Gasteiger partial charge is 0.413 e. The van der Waals surface area contributed by atoms with Crippen molar-refractivity contribution in [2.24, 2.45) is 0 Å². The summed E-state index contributed by atoms with van der Waals surface area (Å²) in [7, 11) is 0. The minimum Gasteiger partial charge on any atom is -0.472 e. The van der Waals surface area contributed by atoms with Crippen LogP contribution in [0.15, 0.2) is 30.6 Å². The Kier molecular flexibility index (Phi) is 5.85. The van der Waals surface area contributed by atoms with E-state index < -0.39 is 11.7 Å². The van der Waals surface area contributed by atoms with E-state index in [9.17, 15) is 4.79 Å². The van der Waals surface area contributed by atoms with Crippen LogP contribution in [-0.4, -0.2) is 21.7 Å². The molecule has 1 heterocycles. The number of ether oxygens (including phenoxy) is 2. The third-order valence-corrected chi connectivity index (χ3v) is 3.39. The Morgan fingerprint density at radius 2 is 1.83 bits per heavy atom. The van der Waals surface area contributed by atoms with Crippen molar-refractivity contribution in [3.05, 3.63) is 46.2 Å². The SMILES string of the molecule is CC(C)(C)OC(=O)Nc1cnc(OCc2c(Cl)cccc2Cl)cn1. The number of rotatable bonds is 4. The van der Waals surface area contributed by atoms with Crippen LogP contribution in [0.2, 0.25) is 10.0 Å². The number of nitrogens with one attached hydrogen (secondary N) is 1. The van der Waals surface area contributed by atoms with Gasteiger partial charge in [-0.3, -0.25) is 5.32 Å². The maximum absolute atomic E-state index is 11.6. The molecule has 8 heteroatoms. The van der Waals surface area contributed by atoms with Gasteiger partial charge in [0.05, 0.1) is 12.4 Å². The molecule has 0 bridgehead atoms. The lowest BCUT2D eigenvalue weighted by molar-refractivity contribution is 0.0635. The topological polar surface area (TPSA) is 73.3 Å². The number of amides is 1. The molecule has 128 valence electrons. The van der Waals surface area contributed by atoms with Crippen molar-refractivity contribution in [1.29, 1.82) is 0 Å². The second kappa shape index (κ2) is 7.68. The normalized spacial score (nSPS) is 11.0. The average molecular weight is 370 g/mol. The predicted molar refractivity (Wildman–Crippen MR) is 92.7 cm³/mol. The lowest BCUT2D eigenvalue weighted by atomic mass is 10.2. The molecule has 1 aromatic carbocycles. The van der Waals surface area contributed by atoms with Crippen molar-refractivity contribution in [2.45, 2.75) is 33.0 Å². The minimum atomic E-state index is -0.603. The van der Waals surface area contributed by atoms with Gasteiger partial charge in [-0.05, 0) is 32.9 Å². The number of carbonyl (C=O) groups excluding carboxylic acids is 1. The molecule has 0 aliphatic carbocycles. The summed E-state index contributed by atoms with van der Waals surface area (Å²) in [5.74, 6) is 0.535. The number of hydrogen-bond donors (Lipinski definition) is 1. The molecule has 1 amide bonds. The van der Waals surface area contributed by atoms with Gasteiger partial charge in [0, 0.05) is 15.6 Å². The molecule has 0 aliphatic heterocycles. The summed E-state index contributed by atoms with van der Waals surface area (Å²) in [6.45, 7) is 5.48. The molecule has 0 fully saturated rings. The molecule has 1 aromatic heterocycles. The minimum absolute atomic E-state index is 0.159. The number of carbonyl (C=O) groups is 1. The third-order valence-electron chi connectivity index (χ3n) is 2.68. The second-order valence-corrected chi connectivity index (χ2v) is 6.67. The van der Waals surface area contributed by atoms with E-state index in [4.69, 9.17) is 32.7 Å². The second-order valence-electron chi connectivity index (χ2n) is 5.86. The van der Waals surface area contributed by atoms with Gasteiger partial charge >= 0.3 is 6.09 Å². The number of halogens is 2. The van der Waals surface area contributed by atoms with Gasteiger partial charge in [-0.25, -0.2) is 14.8 Å². The van der Waals surface area contributed by atoms with Crippen molar-refractivity contribution in [2.75, 3.05) is 5.32 Å². The predicted octanol–water partition coefficient (Wildman–Crippen LogP) is 4.71. The summed E-state index contributed by atoms with van der Waals surface area (Å²) >= 11 is 12.1. The highest BCUT2D eigenvalue weighted by atomic mass is 35.5. The zero-order valence-corrected chi connectivity index (χ0v) is 15.0. The van der Waals surface area contributed by atoms with Gasteiger partial charge in [0.15, 0.2) is 5.82 Å². The largest absolute Gasteiger partial charge is 0.472 e. The van der Waals surface area contributed by atoms with Gasteiger partial charge in [0.25, 0.3) is 0 Å². The average Bonchev–Trinajstić information content (AvgIpc) is 2.46. The monoisotopic (exact) mass is 369 g/mol. The lowest BCUT2D eigenvalue weighted by Gasteiger charge is -2.19. The number of benzene rings is 1. The number of anilines is 1. The molecule has 0 atom stereocenters. The van der Waals surface area contributed by atoms with Crippen molar-refractivity contribution < 1.29 is 14.3 Å². The molecule has 6 nitrogen and oxygen atoms in total. The molecule has 0 aliphatic rings. The first-order valence-electron chi connectivity index (χ1n) is 7.12. The molecule has 0 saturated heterocycles. The van der Waals surface area contributed by atoms with Crippen LogP contribution in [-0.2, 0) is 11.3 Å². The molecular formula is C16H17Cl2N3O3. The molecule has 0 radical (unpaired) electrons. The molecular weight excluding hydrogens is 353 g/mol. The van der Waals surface area contributed by atoms with Crippen LogP contribution in [0, 0.1) is 0 Å². The molecule has 0 spiro atoms. The Morgan fingerprint density at radius 1 is 1.17 bits per heavy atom. The fourth-order valence-corrected chi connectivity index (χ4v) is 2.19. The van der Waals surface area contributed by atoms with Crippen molar-refractivity contribution in [3.8, 4) is 5.88 Å². The highest BCUT2D eigenvalue weighted by molar-refractivity contribution is 6.35. The van der Waals surface area contributed by atoms with E-state index in [1.807, 2.05) is 0 Å². The van der Waals surface area contributed by atoms with Crippen molar-refractivity contribution in [3.63, 3.8) is 0 Å². The molecule has 0 saturated carbocycles. The fraction of sp³-hybridized carbons (Fsp3) is 0.312. The lowest BCUT2D eigenvalue weighted by Crippen LogP contribution is -2.27. The summed E-state index contributed by atoms with van der Waals surface area (Å²) < 4.78 is 10.6. The maximum Gasteiger partial charge on any atom is 0.413 e. The van der Waals surface area contributed by atoms with Crippen LogP contribution in [0.25, 0.3) is 0 Å². The first-order chi connectivity index (χ1) is 11.2. The van der Waals surface area contributed by atoms with Gasteiger partial charge in [-0.1, -0.05) is 29.3 Å². The van der Waals surface area contributed by atoms with Crippen LogP contribution < -0.4 is 10.1 Å². The number of hydrogen-bond acceptors (Lipinski definition) is 5. The van der Waals surface area contributed by atoms with Gasteiger partial charge in [0.1, 0.15) is 12.2 Å². The van der Waals surface area contributed by atoms with Crippen LogP contribution in [0.5, 0.6) is 5.88 Å². The molecule has 1 N–H and O–H groups in total. The van der Waals surface area contributed by atoms with Crippen LogP contribution >= 0.6 is 23.2 Å². The first-order valence-corrected chi connectivity index (χ1v) is 7.88. The highest BCUT2D eigenvalue weighted by Gasteiger charge is 2.16. The Balaban J connectivity index is 1.94. The maximum atomic E-state index is 11.6. The van der Waals surface area contributed by atoms with Gasteiger partial charge in [-0.15, -0.1) is 0 Å².